The predicted molar refractivity (Wildman–Crippen MR) is 74.3 cm³/mol. The summed E-state index contributed by atoms with van der Waals surface area (Å²) in [7, 11) is 0. The van der Waals surface area contributed by atoms with Gasteiger partial charge in [0.1, 0.15) is 17.6 Å². The van der Waals surface area contributed by atoms with E-state index in [4.69, 9.17) is 4.74 Å². The lowest BCUT2D eigenvalue weighted by Gasteiger charge is -2.50. The molecule has 21 heavy (non-hydrogen) atoms. The first-order valence-electron chi connectivity index (χ1n) is 6.55. The molecule has 3 unspecified atom stereocenters. The van der Waals surface area contributed by atoms with E-state index in [0.717, 1.165) is 6.42 Å². The summed E-state index contributed by atoms with van der Waals surface area (Å²) < 4.78 is 46.4. The van der Waals surface area contributed by atoms with Crippen molar-refractivity contribution in [1.82, 2.24) is 0 Å². The minimum Gasteiger partial charge on any atom is -0.490 e. The molecule has 3 atom stereocenters. The second-order valence-corrected chi connectivity index (χ2v) is 6.21. The Kier molecular flexibility index (Phi) is 4.44. The van der Waals surface area contributed by atoms with Crippen molar-refractivity contribution in [3.05, 3.63) is 22.7 Å². The maximum absolute atomic E-state index is 12.2. The first-order chi connectivity index (χ1) is 9.65. The van der Waals surface area contributed by atoms with E-state index in [0.29, 0.717) is 12.2 Å². The molecule has 1 aliphatic rings. The van der Waals surface area contributed by atoms with Crippen LogP contribution in [0.25, 0.3) is 0 Å². The molecule has 0 heterocycles. The molecule has 0 saturated heterocycles. The third-order valence-electron chi connectivity index (χ3n) is 4.10. The van der Waals surface area contributed by atoms with Crippen LogP contribution < -0.4 is 9.47 Å². The van der Waals surface area contributed by atoms with E-state index in [-0.39, 0.29) is 21.7 Å². The Balaban J connectivity index is 2.08. The summed E-state index contributed by atoms with van der Waals surface area (Å²) in [5, 5.41) is 9.81. The van der Waals surface area contributed by atoms with Crippen molar-refractivity contribution < 1.29 is 27.8 Å². The number of benzene rings is 1. The van der Waals surface area contributed by atoms with Gasteiger partial charge in [-0.05, 0) is 40.5 Å². The molecule has 0 bridgehead atoms. The Bertz CT molecular complexity index is 521. The van der Waals surface area contributed by atoms with Crippen LogP contribution in [0.4, 0.5) is 13.2 Å². The molecule has 3 nitrogen and oxygen atoms in total. The Hall–Kier alpha value is -0.950. The maximum atomic E-state index is 12.2. The van der Waals surface area contributed by atoms with Gasteiger partial charge in [-0.2, -0.15) is 0 Å². The molecular formula is C14H16BrF3O3. The lowest BCUT2D eigenvalue weighted by Crippen LogP contribution is -2.57. The zero-order valence-corrected chi connectivity index (χ0v) is 13.2. The SMILES string of the molecule is CCC1(C)C(O)CC1Oc1ccc(OC(F)(F)F)c(Br)c1. The molecule has 118 valence electrons. The zero-order valence-electron chi connectivity index (χ0n) is 11.6. The van der Waals surface area contributed by atoms with Gasteiger partial charge in [-0.3, -0.25) is 0 Å². The fourth-order valence-corrected chi connectivity index (χ4v) is 2.81. The van der Waals surface area contributed by atoms with Crippen molar-refractivity contribution in [3.8, 4) is 11.5 Å². The number of aliphatic hydroxyl groups is 1. The summed E-state index contributed by atoms with van der Waals surface area (Å²) in [6, 6.07) is 4.06. The van der Waals surface area contributed by atoms with E-state index in [1.54, 1.807) is 0 Å². The van der Waals surface area contributed by atoms with Crippen molar-refractivity contribution in [1.29, 1.82) is 0 Å². The highest BCUT2D eigenvalue weighted by Crippen LogP contribution is 2.46. The number of alkyl halides is 3. The van der Waals surface area contributed by atoms with Crippen LogP contribution in [-0.4, -0.2) is 23.7 Å². The van der Waals surface area contributed by atoms with Gasteiger partial charge in [-0.1, -0.05) is 13.8 Å². The molecular weight excluding hydrogens is 353 g/mol. The first-order valence-corrected chi connectivity index (χ1v) is 7.35. The molecule has 0 aliphatic heterocycles. The van der Waals surface area contributed by atoms with Gasteiger partial charge in [0.15, 0.2) is 0 Å². The lowest BCUT2D eigenvalue weighted by molar-refractivity contribution is -0.274. The van der Waals surface area contributed by atoms with Gasteiger partial charge >= 0.3 is 6.36 Å². The third-order valence-corrected chi connectivity index (χ3v) is 4.72. The number of hydrogen-bond donors (Lipinski definition) is 1. The molecule has 0 aromatic heterocycles. The molecule has 1 aromatic rings. The van der Waals surface area contributed by atoms with Crippen LogP contribution in [0.5, 0.6) is 11.5 Å². The lowest BCUT2D eigenvalue weighted by atomic mass is 9.63. The van der Waals surface area contributed by atoms with Gasteiger partial charge in [-0.15, -0.1) is 13.2 Å². The number of aliphatic hydroxyl groups excluding tert-OH is 1. The van der Waals surface area contributed by atoms with Crippen molar-refractivity contribution >= 4 is 15.9 Å². The van der Waals surface area contributed by atoms with Gasteiger partial charge in [0, 0.05) is 11.8 Å². The Morgan fingerprint density at radius 3 is 2.57 bits per heavy atom. The Labute approximate surface area is 129 Å². The molecule has 0 radical (unpaired) electrons. The van der Waals surface area contributed by atoms with Crippen molar-refractivity contribution in [2.75, 3.05) is 0 Å². The monoisotopic (exact) mass is 368 g/mol. The summed E-state index contributed by atoms with van der Waals surface area (Å²) in [4.78, 5) is 0. The van der Waals surface area contributed by atoms with Crippen molar-refractivity contribution in [2.45, 2.75) is 45.3 Å². The second kappa shape index (κ2) is 5.68. The molecule has 0 spiro atoms. The molecule has 7 heteroatoms. The van der Waals surface area contributed by atoms with Crippen LogP contribution in [0, 0.1) is 5.41 Å². The van der Waals surface area contributed by atoms with Crippen LogP contribution in [0.3, 0.4) is 0 Å². The summed E-state index contributed by atoms with van der Waals surface area (Å²) >= 11 is 3.03. The first kappa shape index (κ1) is 16.4. The molecule has 1 fully saturated rings. The molecule has 1 aromatic carbocycles. The van der Waals surface area contributed by atoms with E-state index in [1.807, 2.05) is 13.8 Å². The van der Waals surface area contributed by atoms with Crippen molar-refractivity contribution in [3.63, 3.8) is 0 Å². The predicted octanol–water partition coefficient (Wildman–Crippen LogP) is 4.28. The minimum atomic E-state index is -4.73. The van der Waals surface area contributed by atoms with E-state index >= 15 is 0 Å². The quantitative estimate of drug-likeness (QED) is 0.861. The van der Waals surface area contributed by atoms with Crippen LogP contribution in [0.15, 0.2) is 22.7 Å². The highest BCUT2D eigenvalue weighted by Gasteiger charge is 2.51. The average Bonchev–Trinajstić information content (AvgIpc) is 2.39. The Morgan fingerprint density at radius 2 is 2.10 bits per heavy atom. The standard InChI is InChI=1S/C14H16BrF3O3/c1-3-13(2)11(19)7-12(13)20-8-4-5-10(9(15)6-8)21-14(16,17)18/h4-6,11-12,19H,3,7H2,1-2H3. The van der Waals surface area contributed by atoms with Gasteiger partial charge in [0.25, 0.3) is 0 Å². The summed E-state index contributed by atoms with van der Waals surface area (Å²) in [6.07, 6.45) is -4.02. The topological polar surface area (TPSA) is 38.7 Å². The number of halogens is 4. The fraction of sp³-hybridized carbons (Fsp3) is 0.571. The molecule has 1 N–H and O–H groups in total. The van der Waals surface area contributed by atoms with Crippen molar-refractivity contribution in [2.24, 2.45) is 5.41 Å². The highest BCUT2D eigenvalue weighted by molar-refractivity contribution is 9.10. The maximum Gasteiger partial charge on any atom is 0.573 e. The van der Waals surface area contributed by atoms with Gasteiger partial charge < -0.3 is 14.6 Å². The Morgan fingerprint density at radius 1 is 1.43 bits per heavy atom. The molecule has 2 rings (SSSR count). The number of ether oxygens (including phenoxy) is 2. The largest absolute Gasteiger partial charge is 0.573 e. The smallest absolute Gasteiger partial charge is 0.490 e. The van der Waals surface area contributed by atoms with Crippen LogP contribution in [-0.2, 0) is 0 Å². The van der Waals surface area contributed by atoms with Crippen LogP contribution >= 0.6 is 15.9 Å². The van der Waals surface area contributed by atoms with E-state index in [2.05, 4.69) is 20.7 Å². The summed E-state index contributed by atoms with van der Waals surface area (Å²) in [6.45, 7) is 3.90. The fourth-order valence-electron chi connectivity index (χ4n) is 2.37. The summed E-state index contributed by atoms with van der Waals surface area (Å²) in [5.74, 6) is 0.120. The number of rotatable bonds is 4. The van der Waals surface area contributed by atoms with Gasteiger partial charge in [-0.25, -0.2) is 0 Å². The van der Waals surface area contributed by atoms with Crippen LogP contribution in [0.2, 0.25) is 0 Å². The van der Waals surface area contributed by atoms with Gasteiger partial charge in [0.2, 0.25) is 0 Å². The zero-order chi connectivity index (χ0) is 15.8. The molecule has 1 aliphatic carbocycles. The van der Waals surface area contributed by atoms with Gasteiger partial charge in [0.05, 0.1) is 10.6 Å². The normalized spacial score (nSPS) is 28.9. The molecule has 0 amide bonds. The molecule has 1 saturated carbocycles. The average molecular weight is 369 g/mol. The summed E-state index contributed by atoms with van der Waals surface area (Å²) in [5.41, 5.74) is -0.326. The minimum absolute atomic E-state index is 0.154. The van der Waals surface area contributed by atoms with E-state index < -0.39 is 12.5 Å². The highest BCUT2D eigenvalue weighted by atomic mass is 79.9. The number of hydrogen-bond acceptors (Lipinski definition) is 3. The third kappa shape index (κ3) is 3.45. The van der Waals surface area contributed by atoms with E-state index in [9.17, 15) is 18.3 Å². The van der Waals surface area contributed by atoms with E-state index in [1.165, 1.54) is 18.2 Å². The van der Waals surface area contributed by atoms with Crippen LogP contribution in [0.1, 0.15) is 26.7 Å². The second-order valence-electron chi connectivity index (χ2n) is 5.36.